The van der Waals surface area contributed by atoms with Crippen LogP contribution in [0.4, 0.5) is 0 Å². The summed E-state index contributed by atoms with van der Waals surface area (Å²) in [7, 11) is 0. The lowest BCUT2D eigenvalue weighted by molar-refractivity contribution is 0.635. The van der Waals surface area contributed by atoms with E-state index in [1.807, 2.05) is 0 Å². The summed E-state index contributed by atoms with van der Waals surface area (Å²) in [6.07, 6.45) is 7.66. The molecule has 0 atom stereocenters. The van der Waals surface area contributed by atoms with Crippen LogP contribution >= 0.6 is 0 Å². The molecule has 1 N–H and O–H groups in total. The third-order valence-corrected chi connectivity index (χ3v) is 1.96. The summed E-state index contributed by atoms with van der Waals surface area (Å²) >= 11 is 0. The van der Waals surface area contributed by atoms with E-state index in [2.05, 4.69) is 25.7 Å². The molecule has 0 aliphatic rings. The van der Waals surface area contributed by atoms with Gasteiger partial charge < -0.3 is 5.32 Å². The fourth-order valence-electron chi connectivity index (χ4n) is 1.16. The predicted molar refractivity (Wildman–Crippen MR) is 56.2 cm³/mol. The second kappa shape index (κ2) is 8.63. The molecule has 0 amide bonds. The number of nitrogens with one attached hydrogen (secondary N) is 1. The Hall–Kier alpha value is -0.460. The van der Waals surface area contributed by atoms with Crippen LogP contribution in [0, 0.1) is 0 Å². The fourth-order valence-corrected chi connectivity index (χ4v) is 1.16. The van der Waals surface area contributed by atoms with Crippen molar-refractivity contribution in [1.29, 1.82) is 0 Å². The molecule has 0 rings (SSSR count). The van der Waals surface area contributed by atoms with Crippen molar-refractivity contribution in [3.63, 3.8) is 0 Å². The summed E-state index contributed by atoms with van der Waals surface area (Å²) in [4.78, 5) is 0. The van der Waals surface area contributed by atoms with E-state index in [-0.39, 0.29) is 0 Å². The van der Waals surface area contributed by atoms with Gasteiger partial charge in [0.05, 0.1) is 0 Å². The van der Waals surface area contributed by atoms with Gasteiger partial charge in [-0.1, -0.05) is 39.7 Å². The van der Waals surface area contributed by atoms with Crippen molar-refractivity contribution >= 4 is 0 Å². The molecule has 12 heavy (non-hydrogen) atoms. The summed E-state index contributed by atoms with van der Waals surface area (Å²) in [6.45, 7) is 9.47. The average molecular weight is 169 g/mol. The van der Waals surface area contributed by atoms with Crippen molar-refractivity contribution in [2.75, 3.05) is 6.54 Å². The van der Waals surface area contributed by atoms with Crippen LogP contribution in [-0.4, -0.2) is 6.54 Å². The first-order valence-electron chi connectivity index (χ1n) is 5.22. The van der Waals surface area contributed by atoms with Crippen molar-refractivity contribution in [3.05, 3.63) is 12.3 Å². The maximum atomic E-state index is 3.98. The van der Waals surface area contributed by atoms with Crippen molar-refractivity contribution in [2.45, 2.75) is 52.4 Å². The highest BCUT2D eigenvalue weighted by Gasteiger charge is 1.92. The molecule has 0 radical (unpaired) electrons. The van der Waals surface area contributed by atoms with Gasteiger partial charge in [-0.3, -0.25) is 0 Å². The van der Waals surface area contributed by atoms with Gasteiger partial charge in [-0.15, -0.1) is 0 Å². The average Bonchev–Trinajstić information content (AvgIpc) is 2.09. The van der Waals surface area contributed by atoms with Crippen molar-refractivity contribution in [3.8, 4) is 0 Å². The lowest BCUT2D eigenvalue weighted by Gasteiger charge is -2.07. The molecule has 0 bridgehead atoms. The number of hydrogen-bond donors (Lipinski definition) is 1. The van der Waals surface area contributed by atoms with E-state index >= 15 is 0 Å². The molecule has 0 saturated heterocycles. The number of hydrogen-bond acceptors (Lipinski definition) is 1. The van der Waals surface area contributed by atoms with Crippen LogP contribution in [0.15, 0.2) is 12.3 Å². The standard InChI is InChI=1S/C11H23N/c1-4-6-7-8-9-11(3)12-10-5-2/h12H,3-10H2,1-2H3. The van der Waals surface area contributed by atoms with Crippen molar-refractivity contribution in [1.82, 2.24) is 5.32 Å². The number of rotatable bonds is 8. The van der Waals surface area contributed by atoms with E-state index in [9.17, 15) is 0 Å². The van der Waals surface area contributed by atoms with E-state index < -0.39 is 0 Å². The maximum Gasteiger partial charge on any atom is 0.0141 e. The number of unbranched alkanes of at least 4 members (excludes halogenated alkanes) is 3. The Morgan fingerprint density at radius 3 is 2.42 bits per heavy atom. The molecule has 0 aromatic rings. The van der Waals surface area contributed by atoms with E-state index in [1.165, 1.54) is 37.8 Å². The number of allylic oxidation sites excluding steroid dienone is 1. The minimum Gasteiger partial charge on any atom is -0.389 e. The third kappa shape index (κ3) is 7.64. The van der Waals surface area contributed by atoms with Crippen LogP contribution in [0.25, 0.3) is 0 Å². The smallest absolute Gasteiger partial charge is 0.0141 e. The molecule has 0 saturated carbocycles. The SMILES string of the molecule is C=C(CCCCCC)NCCC. The fraction of sp³-hybridized carbons (Fsp3) is 0.818. The molecule has 0 spiro atoms. The van der Waals surface area contributed by atoms with Gasteiger partial charge >= 0.3 is 0 Å². The van der Waals surface area contributed by atoms with Gasteiger partial charge in [0.1, 0.15) is 0 Å². The Kier molecular flexibility index (Phi) is 8.30. The lowest BCUT2D eigenvalue weighted by atomic mass is 10.1. The third-order valence-electron chi connectivity index (χ3n) is 1.96. The summed E-state index contributed by atoms with van der Waals surface area (Å²) < 4.78 is 0. The van der Waals surface area contributed by atoms with Gasteiger partial charge in [-0.05, 0) is 19.3 Å². The Labute approximate surface area is 77.2 Å². The molecule has 0 fully saturated rings. The Morgan fingerprint density at radius 2 is 1.83 bits per heavy atom. The molecular formula is C11H23N. The lowest BCUT2D eigenvalue weighted by Crippen LogP contribution is -2.12. The van der Waals surface area contributed by atoms with Gasteiger partial charge in [-0.25, -0.2) is 0 Å². The molecule has 72 valence electrons. The largest absolute Gasteiger partial charge is 0.389 e. The second-order valence-electron chi connectivity index (χ2n) is 3.34. The minimum absolute atomic E-state index is 1.08. The van der Waals surface area contributed by atoms with Crippen molar-refractivity contribution < 1.29 is 0 Å². The molecule has 0 aliphatic carbocycles. The predicted octanol–water partition coefficient (Wildman–Crippen LogP) is 3.47. The quantitative estimate of drug-likeness (QED) is 0.549. The minimum atomic E-state index is 1.08. The molecular weight excluding hydrogens is 146 g/mol. The van der Waals surface area contributed by atoms with Crippen LogP contribution in [0.2, 0.25) is 0 Å². The molecule has 0 aromatic heterocycles. The molecule has 0 aromatic carbocycles. The highest BCUT2D eigenvalue weighted by molar-refractivity contribution is 4.90. The zero-order chi connectivity index (χ0) is 9.23. The monoisotopic (exact) mass is 169 g/mol. The second-order valence-corrected chi connectivity index (χ2v) is 3.34. The van der Waals surface area contributed by atoms with E-state index in [1.54, 1.807) is 0 Å². The Morgan fingerprint density at radius 1 is 1.08 bits per heavy atom. The normalized spacial score (nSPS) is 9.83. The van der Waals surface area contributed by atoms with Gasteiger partial charge in [0.25, 0.3) is 0 Å². The first-order chi connectivity index (χ1) is 5.81. The molecule has 1 nitrogen and oxygen atoms in total. The Bertz CT molecular complexity index is 108. The van der Waals surface area contributed by atoms with Crippen LogP contribution in [-0.2, 0) is 0 Å². The van der Waals surface area contributed by atoms with Gasteiger partial charge in [0, 0.05) is 12.2 Å². The van der Waals surface area contributed by atoms with Crippen LogP contribution in [0.1, 0.15) is 52.4 Å². The van der Waals surface area contributed by atoms with Gasteiger partial charge in [0.15, 0.2) is 0 Å². The summed E-state index contributed by atoms with van der Waals surface area (Å²) in [5.41, 5.74) is 1.22. The van der Waals surface area contributed by atoms with E-state index in [0.717, 1.165) is 13.0 Å². The summed E-state index contributed by atoms with van der Waals surface area (Å²) in [6, 6.07) is 0. The molecule has 0 heterocycles. The summed E-state index contributed by atoms with van der Waals surface area (Å²) in [5.74, 6) is 0. The first kappa shape index (κ1) is 11.5. The molecule has 1 heteroatoms. The molecule has 0 aliphatic heterocycles. The first-order valence-corrected chi connectivity index (χ1v) is 5.22. The van der Waals surface area contributed by atoms with Crippen LogP contribution in [0.5, 0.6) is 0 Å². The van der Waals surface area contributed by atoms with Gasteiger partial charge in [0.2, 0.25) is 0 Å². The summed E-state index contributed by atoms with van der Waals surface area (Å²) in [5, 5.41) is 3.31. The highest BCUT2D eigenvalue weighted by Crippen LogP contribution is 2.06. The highest BCUT2D eigenvalue weighted by atomic mass is 14.9. The molecule has 0 unspecified atom stereocenters. The topological polar surface area (TPSA) is 12.0 Å². The maximum absolute atomic E-state index is 3.98. The van der Waals surface area contributed by atoms with Crippen LogP contribution in [0.3, 0.4) is 0 Å². The van der Waals surface area contributed by atoms with E-state index in [4.69, 9.17) is 0 Å². The zero-order valence-corrected chi connectivity index (χ0v) is 8.66. The van der Waals surface area contributed by atoms with Crippen LogP contribution < -0.4 is 5.32 Å². The van der Waals surface area contributed by atoms with E-state index in [0.29, 0.717) is 0 Å². The van der Waals surface area contributed by atoms with Gasteiger partial charge in [-0.2, -0.15) is 0 Å². The van der Waals surface area contributed by atoms with Crippen molar-refractivity contribution in [2.24, 2.45) is 0 Å². The zero-order valence-electron chi connectivity index (χ0n) is 8.66. The Balaban J connectivity index is 3.08.